The summed E-state index contributed by atoms with van der Waals surface area (Å²) >= 11 is 1.27. The molecular formula is C14H20N2O3S. The van der Waals surface area contributed by atoms with E-state index in [9.17, 15) is 4.79 Å². The Bertz CT molecular complexity index is 458. The summed E-state index contributed by atoms with van der Waals surface area (Å²) in [4.78, 5) is 14.2. The molecule has 0 aliphatic rings. The first-order chi connectivity index (χ1) is 9.58. The van der Waals surface area contributed by atoms with E-state index in [-0.39, 0.29) is 10.8 Å². The van der Waals surface area contributed by atoms with Gasteiger partial charge < -0.3 is 14.8 Å². The van der Waals surface area contributed by atoms with Crippen LogP contribution in [0.4, 0.5) is 0 Å². The third-order valence-electron chi connectivity index (χ3n) is 2.63. The fraction of sp³-hybridized carbons (Fsp3) is 0.429. The Morgan fingerprint density at radius 3 is 2.50 bits per heavy atom. The zero-order valence-corrected chi connectivity index (χ0v) is 12.8. The Balaban J connectivity index is 2.58. The van der Waals surface area contributed by atoms with Crippen LogP contribution in [0.25, 0.3) is 0 Å². The first-order valence-corrected chi connectivity index (χ1v) is 7.25. The van der Waals surface area contributed by atoms with Gasteiger partial charge in [0.2, 0.25) is 5.78 Å². The number of hydrogen-bond acceptors (Lipinski definition) is 6. The summed E-state index contributed by atoms with van der Waals surface area (Å²) in [5, 5.41) is 12.2. The van der Waals surface area contributed by atoms with Crippen LogP contribution in [0.1, 0.15) is 16.8 Å². The predicted molar refractivity (Wildman–Crippen MR) is 82.2 cm³/mol. The molecule has 0 bridgehead atoms. The van der Waals surface area contributed by atoms with E-state index in [4.69, 9.17) is 9.94 Å². The maximum atomic E-state index is 12.1. The van der Waals surface area contributed by atoms with Crippen molar-refractivity contribution in [2.45, 2.75) is 6.42 Å². The minimum Gasteiger partial charge on any atom is -0.497 e. The van der Waals surface area contributed by atoms with E-state index in [0.29, 0.717) is 11.3 Å². The largest absolute Gasteiger partial charge is 0.497 e. The van der Waals surface area contributed by atoms with Gasteiger partial charge in [0.05, 0.1) is 7.11 Å². The third-order valence-corrected chi connectivity index (χ3v) is 3.66. The molecule has 0 amide bonds. The summed E-state index contributed by atoms with van der Waals surface area (Å²) in [6.45, 7) is 0.933. The molecule has 1 aromatic carbocycles. The first-order valence-electron chi connectivity index (χ1n) is 6.26. The van der Waals surface area contributed by atoms with E-state index in [0.717, 1.165) is 18.7 Å². The van der Waals surface area contributed by atoms with Gasteiger partial charge in [-0.2, -0.15) is 0 Å². The third kappa shape index (κ3) is 5.22. The standard InChI is InChI=1S/C14H20N2O3S/c1-16(2)9-4-10-20-14(15-18)13(17)11-5-7-12(19-3)8-6-11/h5-8,18H,4,9-10H2,1-3H3/b15-14-. The van der Waals surface area contributed by atoms with Crippen molar-refractivity contribution in [3.63, 3.8) is 0 Å². The molecule has 1 aromatic rings. The molecule has 0 heterocycles. The van der Waals surface area contributed by atoms with E-state index in [1.54, 1.807) is 31.4 Å². The fourth-order valence-electron chi connectivity index (χ4n) is 1.56. The van der Waals surface area contributed by atoms with E-state index >= 15 is 0 Å². The molecule has 0 unspecified atom stereocenters. The minimum atomic E-state index is -0.273. The normalized spacial score (nSPS) is 11.7. The van der Waals surface area contributed by atoms with Crippen LogP contribution < -0.4 is 4.74 Å². The lowest BCUT2D eigenvalue weighted by molar-refractivity contribution is 0.106. The molecule has 0 saturated carbocycles. The number of ether oxygens (including phenoxy) is 1. The molecule has 0 aliphatic carbocycles. The Morgan fingerprint density at radius 2 is 2.00 bits per heavy atom. The molecule has 20 heavy (non-hydrogen) atoms. The zero-order valence-electron chi connectivity index (χ0n) is 12.0. The van der Waals surface area contributed by atoms with Crippen LogP contribution in [-0.2, 0) is 0 Å². The first kappa shape index (κ1) is 16.5. The summed E-state index contributed by atoms with van der Waals surface area (Å²) < 4.78 is 5.04. The number of thioether (sulfide) groups is 1. The van der Waals surface area contributed by atoms with Gasteiger partial charge in [-0.05, 0) is 51.3 Å². The SMILES string of the molecule is COc1ccc(C(=O)/C(=N/O)SCCCN(C)C)cc1. The molecule has 0 spiro atoms. The van der Waals surface area contributed by atoms with Gasteiger partial charge in [0.1, 0.15) is 5.75 Å². The van der Waals surface area contributed by atoms with Gasteiger partial charge in [0.25, 0.3) is 0 Å². The van der Waals surface area contributed by atoms with Crippen molar-refractivity contribution in [3.05, 3.63) is 29.8 Å². The molecule has 6 heteroatoms. The smallest absolute Gasteiger partial charge is 0.221 e. The lowest BCUT2D eigenvalue weighted by Crippen LogP contribution is -2.15. The highest BCUT2D eigenvalue weighted by molar-refractivity contribution is 8.15. The second-order valence-corrected chi connectivity index (χ2v) is 5.55. The molecule has 0 saturated heterocycles. The number of rotatable bonds is 7. The van der Waals surface area contributed by atoms with Crippen molar-refractivity contribution in [1.82, 2.24) is 4.90 Å². The number of ketones is 1. The highest BCUT2D eigenvalue weighted by Gasteiger charge is 2.15. The summed E-state index contributed by atoms with van der Waals surface area (Å²) in [6.07, 6.45) is 0.923. The number of nitrogens with zero attached hydrogens (tertiary/aromatic N) is 2. The Morgan fingerprint density at radius 1 is 1.35 bits per heavy atom. The van der Waals surface area contributed by atoms with Crippen LogP contribution in [0, 0.1) is 0 Å². The van der Waals surface area contributed by atoms with Gasteiger partial charge in [-0.3, -0.25) is 4.79 Å². The molecule has 1 rings (SSSR count). The molecule has 110 valence electrons. The number of methoxy groups -OCH3 is 1. The number of benzene rings is 1. The molecule has 0 atom stereocenters. The molecule has 0 aliphatic heterocycles. The van der Waals surface area contributed by atoms with Crippen molar-refractivity contribution in [1.29, 1.82) is 0 Å². The molecule has 1 N–H and O–H groups in total. The van der Waals surface area contributed by atoms with Gasteiger partial charge in [0.15, 0.2) is 5.04 Å². The minimum absolute atomic E-state index is 0.119. The number of oxime groups is 1. The van der Waals surface area contributed by atoms with Gasteiger partial charge in [-0.15, -0.1) is 0 Å². The highest BCUT2D eigenvalue weighted by Crippen LogP contribution is 2.16. The van der Waals surface area contributed by atoms with Crippen LogP contribution in [0.3, 0.4) is 0 Å². The number of carbonyl (C=O) groups excluding carboxylic acids is 1. The molecule has 0 aromatic heterocycles. The number of hydrogen-bond donors (Lipinski definition) is 1. The van der Waals surface area contributed by atoms with Gasteiger partial charge in [0, 0.05) is 11.3 Å². The van der Waals surface area contributed by atoms with E-state index in [1.807, 2.05) is 14.1 Å². The fourth-order valence-corrected chi connectivity index (χ4v) is 2.33. The lowest BCUT2D eigenvalue weighted by atomic mass is 10.1. The van der Waals surface area contributed by atoms with Crippen LogP contribution in [0.5, 0.6) is 5.75 Å². The Kier molecular flexibility index (Phi) is 7.11. The maximum Gasteiger partial charge on any atom is 0.221 e. The van der Waals surface area contributed by atoms with Crippen molar-refractivity contribution in [3.8, 4) is 5.75 Å². The Hall–Kier alpha value is -1.53. The lowest BCUT2D eigenvalue weighted by Gasteiger charge is -2.09. The average Bonchev–Trinajstić information content (AvgIpc) is 2.46. The van der Waals surface area contributed by atoms with Crippen molar-refractivity contribution in [2.24, 2.45) is 5.16 Å². The van der Waals surface area contributed by atoms with Crippen LogP contribution in [-0.4, -0.2) is 54.4 Å². The van der Waals surface area contributed by atoms with Crippen molar-refractivity contribution < 1.29 is 14.7 Å². The maximum absolute atomic E-state index is 12.1. The van der Waals surface area contributed by atoms with Crippen LogP contribution >= 0.6 is 11.8 Å². The molecule has 0 fully saturated rings. The molecule has 5 nitrogen and oxygen atoms in total. The van der Waals surface area contributed by atoms with E-state index in [2.05, 4.69) is 10.1 Å². The second-order valence-electron chi connectivity index (χ2n) is 4.47. The van der Waals surface area contributed by atoms with Gasteiger partial charge >= 0.3 is 0 Å². The topological polar surface area (TPSA) is 62.1 Å². The molecular weight excluding hydrogens is 276 g/mol. The molecule has 0 radical (unpaired) electrons. The summed E-state index contributed by atoms with van der Waals surface area (Å²) in [6, 6.07) is 6.73. The van der Waals surface area contributed by atoms with Crippen LogP contribution in [0.2, 0.25) is 0 Å². The predicted octanol–water partition coefficient (Wildman–Crippen LogP) is 2.35. The Labute approximate surface area is 123 Å². The number of Topliss-reactive ketones (excluding diaryl/α,β-unsaturated/α-hetero) is 1. The van der Waals surface area contributed by atoms with Crippen LogP contribution in [0.15, 0.2) is 29.4 Å². The number of carbonyl (C=O) groups is 1. The van der Waals surface area contributed by atoms with E-state index in [1.165, 1.54) is 11.8 Å². The monoisotopic (exact) mass is 296 g/mol. The van der Waals surface area contributed by atoms with E-state index < -0.39 is 0 Å². The summed E-state index contributed by atoms with van der Waals surface area (Å²) in [5.41, 5.74) is 0.485. The highest BCUT2D eigenvalue weighted by atomic mass is 32.2. The average molecular weight is 296 g/mol. The summed E-state index contributed by atoms with van der Waals surface area (Å²) in [7, 11) is 5.56. The van der Waals surface area contributed by atoms with Crippen molar-refractivity contribution in [2.75, 3.05) is 33.5 Å². The van der Waals surface area contributed by atoms with Crippen molar-refractivity contribution >= 4 is 22.6 Å². The quantitative estimate of drug-likeness (QED) is 0.209. The van der Waals surface area contributed by atoms with Gasteiger partial charge in [-0.1, -0.05) is 16.9 Å². The second kappa shape index (κ2) is 8.60. The zero-order chi connectivity index (χ0) is 15.0. The van der Waals surface area contributed by atoms with Gasteiger partial charge in [-0.25, -0.2) is 0 Å². The summed E-state index contributed by atoms with van der Waals surface area (Å²) in [5.74, 6) is 1.15.